The number of nitrogens with zero attached hydrogens (tertiary/aromatic N) is 1. The lowest BCUT2D eigenvalue weighted by atomic mass is 10.1. The van der Waals surface area contributed by atoms with Crippen LogP contribution in [0, 0.1) is 0 Å². The van der Waals surface area contributed by atoms with E-state index in [9.17, 15) is 8.42 Å². The first-order valence-corrected chi connectivity index (χ1v) is 7.38. The van der Waals surface area contributed by atoms with Gasteiger partial charge in [0.1, 0.15) is 0 Å². The third-order valence-corrected chi connectivity index (χ3v) is 5.22. The molecule has 0 saturated carbocycles. The lowest BCUT2D eigenvalue weighted by Crippen LogP contribution is -2.22. The summed E-state index contributed by atoms with van der Waals surface area (Å²) in [5, 5.41) is 0. The first kappa shape index (κ1) is 12.0. The van der Waals surface area contributed by atoms with Gasteiger partial charge >= 0.3 is 0 Å². The van der Waals surface area contributed by atoms with Crippen LogP contribution in [0.2, 0.25) is 0 Å². The molecule has 0 unspecified atom stereocenters. The first-order chi connectivity index (χ1) is 9.05. The molecule has 19 heavy (non-hydrogen) atoms. The van der Waals surface area contributed by atoms with Gasteiger partial charge in [0.25, 0.3) is 0 Å². The Morgan fingerprint density at radius 1 is 1.05 bits per heavy atom. The molecule has 0 bridgehead atoms. The van der Waals surface area contributed by atoms with Gasteiger partial charge in [-0.15, -0.1) is 0 Å². The maximum atomic E-state index is 12.6. The van der Waals surface area contributed by atoms with Gasteiger partial charge in [-0.05, 0) is 29.8 Å². The van der Waals surface area contributed by atoms with E-state index in [0.29, 0.717) is 21.2 Å². The molecule has 96 valence electrons. The first-order valence-electron chi connectivity index (χ1n) is 5.90. The number of sulfone groups is 1. The summed E-state index contributed by atoms with van der Waals surface area (Å²) in [5.74, 6) is 0. The second-order valence-corrected chi connectivity index (χ2v) is 6.35. The van der Waals surface area contributed by atoms with Crippen LogP contribution < -0.4 is 4.90 Å². The van der Waals surface area contributed by atoms with Crippen LogP contribution in [0.1, 0.15) is 5.56 Å². The Kier molecular flexibility index (Phi) is 2.50. The topological polar surface area (TPSA) is 37.4 Å². The van der Waals surface area contributed by atoms with E-state index < -0.39 is 9.84 Å². The van der Waals surface area contributed by atoms with Crippen molar-refractivity contribution < 1.29 is 8.42 Å². The van der Waals surface area contributed by atoms with Crippen LogP contribution in [-0.2, 0) is 9.84 Å². The zero-order valence-electron chi connectivity index (χ0n) is 10.5. The number of para-hydroxylation sites is 1. The number of rotatable bonds is 1. The Balaban J connectivity index is 2.38. The van der Waals surface area contributed by atoms with Crippen molar-refractivity contribution in [2.45, 2.75) is 9.79 Å². The number of hydrogen-bond acceptors (Lipinski definition) is 3. The summed E-state index contributed by atoms with van der Waals surface area (Å²) in [5.41, 5.74) is 2.21. The molecule has 3 rings (SSSR count). The Morgan fingerprint density at radius 2 is 1.74 bits per heavy atom. The van der Waals surface area contributed by atoms with E-state index in [0.717, 1.165) is 5.56 Å². The van der Waals surface area contributed by atoms with Gasteiger partial charge in [0.15, 0.2) is 0 Å². The summed E-state index contributed by atoms with van der Waals surface area (Å²) in [6.45, 7) is 3.68. The predicted octanol–water partition coefficient (Wildman–Crippen LogP) is 3.24. The van der Waals surface area contributed by atoms with Crippen LogP contribution in [0.15, 0.2) is 58.8 Å². The summed E-state index contributed by atoms with van der Waals surface area (Å²) in [4.78, 5) is 2.59. The third-order valence-electron chi connectivity index (χ3n) is 3.39. The molecule has 1 heterocycles. The van der Waals surface area contributed by atoms with E-state index in [1.54, 1.807) is 24.3 Å². The van der Waals surface area contributed by atoms with Crippen molar-refractivity contribution in [2.24, 2.45) is 0 Å². The molecule has 0 N–H and O–H groups in total. The predicted molar refractivity (Wildman–Crippen MR) is 76.5 cm³/mol. The molecule has 3 nitrogen and oxygen atoms in total. The van der Waals surface area contributed by atoms with Gasteiger partial charge in [-0.2, -0.15) is 0 Å². The molecule has 4 heteroatoms. The van der Waals surface area contributed by atoms with Gasteiger partial charge in [-0.1, -0.05) is 30.9 Å². The molecule has 0 atom stereocenters. The van der Waals surface area contributed by atoms with Crippen LogP contribution in [0.5, 0.6) is 0 Å². The summed E-state index contributed by atoms with van der Waals surface area (Å²) in [6.07, 6.45) is 1.65. The Morgan fingerprint density at radius 3 is 2.47 bits per heavy atom. The minimum absolute atomic E-state index is 0.339. The molecule has 2 aromatic carbocycles. The van der Waals surface area contributed by atoms with Gasteiger partial charge < -0.3 is 4.90 Å². The lowest BCUT2D eigenvalue weighted by molar-refractivity contribution is 0.594. The van der Waals surface area contributed by atoms with Crippen molar-refractivity contribution in [1.29, 1.82) is 0 Å². The number of fused-ring (bicyclic) bond motifs is 2. The minimum Gasteiger partial charge on any atom is -0.342 e. The van der Waals surface area contributed by atoms with Crippen LogP contribution in [-0.4, -0.2) is 15.5 Å². The highest BCUT2D eigenvalue weighted by molar-refractivity contribution is 7.92. The van der Waals surface area contributed by atoms with Crippen molar-refractivity contribution in [1.82, 2.24) is 0 Å². The molecule has 2 aromatic rings. The molecule has 1 aliphatic heterocycles. The van der Waals surface area contributed by atoms with E-state index in [2.05, 4.69) is 6.58 Å². The standard InChI is InChI=1S/C15H13NO2S/c1-3-11-8-9-13-15(10-11)19(17,18)14-7-5-4-6-12(14)16(13)2/h3-10H,1H2,2H3. The molecule has 0 radical (unpaired) electrons. The molecule has 0 aromatic heterocycles. The fourth-order valence-corrected chi connectivity index (χ4v) is 4.11. The minimum atomic E-state index is -3.46. The second-order valence-electron chi connectivity index (χ2n) is 4.46. The second kappa shape index (κ2) is 3.96. The highest BCUT2D eigenvalue weighted by Crippen LogP contribution is 2.43. The molecule has 0 amide bonds. The van der Waals surface area contributed by atoms with E-state index in [4.69, 9.17) is 0 Å². The molecule has 0 spiro atoms. The lowest BCUT2D eigenvalue weighted by Gasteiger charge is -2.29. The van der Waals surface area contributed by atoms with E-state index >= 15 is 0 Å². The van der Waals surface area contributed by atoms with Gasteiger partial charge in [-0.25, -0.2) is 8.42 Å². The Bertz CT molecular complexity index is 778. The quantitative estimate of drug-likeness (QED) is 0.799. The van der Waals surface area contributed by atoms with Gasteiger partial charge in [0.05, 0.1) is 21.2 Å². The van der Waals surface area contributed by atoms with E-state index in [1.807, 2.05) is 36.2 Å². The van der Waals surface area contributed by atoms with Crippen molar-refractivity contribution in [3.8, 4) is 0 Å². The molecule has 1 aliphatic rings. The van der Waals surface area contributed by atoms with Crippen LogP contribution >= 0.6 is 0 Å². The van der Waals surface area contributed by atoms with E-state index in [1.165, 1.54) is 0 Å². The SMILES string of the molecule is C=Cc1ccc2c(c1)S(=O)(=O)c1ccccc1N2C. The summed E-state index contributed by atoms with van der Waals surface area (Å²) in [6, 6.07) is 12.4. The Hall–Kier alpha value is -2.07. The smallest absolute Gasteiger partial charge is 0.210 e. The van der Waals surface area contributed by atoms with Gasteiger partial charge in [0.2, 0.25) is 9.84 Å². The Labute approximate surface area is 112 Å². The normalized spacial score (nSPS) is 15.5. The van der Waals surface area contributed by atoms with Crippen molar-refractivity contribution in [3.05, 3.63) is 54.6 Å². The maximum Gasteiger partial charge on any atom is 0.210 e. The average molecular weight is 271 g/mol. The van der Waals surface area contributed by atoms with Crippen molar-refractivity contribution in [2.75, 3.05) is 11.9 Å². The molecular formula is C15H13NO2S. The number of benzene rings is 2. The van der Waals surface area contributed by atoms with E-state index in [-0.39, 0.29) is 0 Å². The molecular weight excluding hydrogens is 258 g/mol. The molecule has 0 fully saturated rings. The largest absolute Gasteiger partial charge is 0.342 e. The fraction of sp³-hybridized carbons (Fsp3) is 0.0667. The average Bonchev–Trinajstić information content (AvgIpc) is 2.45. The zero-order valence-corrected chi connectivity index (χ0v) is 11.3. The maximum absolute atomic E-state index is 12.6. The molecule has 0 aliphatic carbocycles. The number of hydrogen-bond donors (Lipinski definition) is 0. The van der Waals surface area contributed by atoms with Crippen LogP contribution in [0.3, 0.4) is 0 Å². The molecule has 0 saturated heterocycles. The van der Waals surface area contributed by atoms with Crippen LogP contribution in [0.25, 0.3) is 6.08 Å². The van der Waals surface area contributed by atoms with Crippen molar-refractivity contribution >= 4 is 27.3 Å². The summed E-state index contributed by atoms with van der Waals surface area (Å²) < 4.78 is 25.3. The summed E-state index contributed by atoms with van der Waals surface area (Å²) in [7, 11) is -1.58. The highest BCUT2D eigenvalue weighted by atomic mass is 32.2. The van der Waals surface area contributed by atoms with Crippen LogP contribution in [0.4, 0.5) is 11.4 Å². The number of anilines is 2. The monoisotopic (exact) mass is 271 g/mol. The summed E-state index contributed by atoms with van der Waals surface area (Å²) >= 11 is 0. The third kappa shape index (κ3) is 1.60. The zero-order chi connectivity index (χ0) is 13.6. The van der Waals surface area contributed by atoms with Gasteiger partial charge in [-0.3, -0.25) is 0 Å². The fourth-order valence-electron chi connectivity index (χ4n) is 2.36. The van der Waals surface area contributed by atoms with Crippen molar-refractivity contribution in [3.63, 3.8) is 0 Å². The highest BCUT2D eigenvalue weighted by Gasteiger charge is 2.32. The van der Waals surface area contributed by atoms with Gasteiger partial charge in [0, 0.05) is 7.05 Å².